The highest BCUT2D eigenvalue weighted by atomic mass is 35.5. The first-order chi connectivity index (χ1) is 17.9. The molecule has 1 aromatic heterocycles. The molecule has 0 atom stereocenters. The van der Waals surface area contributed by atoms with Crippen LogP contribution in [0.3, 0.4) is 0 Å². The minimum atomic E-state index is -0.676. The van der Waals surface area contributed by atoms with Crippen molar-refractivity contribution in [2.45, 2.75) is 6.92 Å². The molecule has 1 heterocycles. The average molecular weight is 532 g/mol. The topological polar surface area (TPSA) is 93.3 Å². The molecule has 0 spiro atoms. The van der Waals surface area contributed by atoms with Gasteiger partial charge in [0, 0.05) is 5.56 Å². The van der Waals surface area contributed by atoms with Crippen LogP contribution < -0.4 is 29.5 Å². The Morgan fingerprint density at radius 2 is 1.81 bits per heavy atom. The van der Waals surface area contributed by atoms with E-state index in [2.05, 4.69) is 5.32 Å². The van der Waals surface area contributed by atoms with E-state index in [0.29, 0.717) is 38.0 Å². The summed E-state index contributed by atoms with van der Waals surface area (Å²) in [4.78, 5) is 27.0. The number of halogens is 1. The summed E-state index contributed by atoms with van der Waals surface area (Å²) in [7, 11) is 3.08. The van der Waals surface area contributed by atoms with Gasteiger partial charge in [-0.1, -0.05) is 41.9 Å². The molecule has 0 aliphatic rings. The quantitative estimate of drug-likeness (QED) is 0.405. The van der Waals surface area contributed by atoms with Crippen molar-refractivity contribution in [3.63, 3.8) is 0 Å². The monoisotopic (exact) mass is 531 g/mol. The molecule has 3 aromatic carbocycles. The predicted molar refractivity (Wildman–Crippen MR) is 146 cm³/mol. The van der Waals surface area contributed by atoms with Crippen molar-refractivity contribution in [3.05, 3.63) is 102 Å². The summed E-state index contributed by atoms with van der Waals surface area (Å²) < 4.78 is 12.7. The third-order valence-corrected chi connectivity index (χ3v) is 7.00. The normalized spacial score (nSPS) is 12.0. The minimum Gasteiger partial charge on any atom is -0.497 e. The smallest absolute Gasteiger partial charge is 0.273 e. The Labute approximate surface area is 222 Å². The Bertz CT molecular complexity index is 1720. The van der Waals surface area contributed by atoms with Gasteiger partial charge in [-0.3, -0.25) is 14.2 Å². The first kappa shape index (κ1) is 25.8. The van der Waals surface area contributed by atoms with Crippen molar-refractivity contribution in [1.82, 2.24) is 4.57 Å². The van der Waals surface area contributed by atoms with Gasteiger partial charge in [-0.05, 0) is 55.0 Å². The lowest BCUT2D eigenvalue weighted by atomic mass is 10.1. The number of carbonyl (C=O) groups is 1. The second kappa shape index (κ2) is 11.2. The number of methoxy groups -OCH3 is 2. The van der Waals surface area contributed by atoms with E-state index in [9.17, 15) is 14.9 Å². The number of thiazole rings is 1. The van der Waals surface area contributed by atoms with Crippen LogP contribution in [0.4, 0.5) is 5.69 Å². The van der Waals surface area contributed by atoms with E-state index in [-0.39, 0.29) is 15.8 Å². The van der Waals surface area contributed by atoms with Gasteiger partial charge in [-0.15, -0.1) is 11.3 Å². The van der Waals surface area contributed by atoms with Crippen molar-refractivity contribution < 1.29 is 14.3 Å². The van der Waals surface area contributed by atoms with Crippen LogP contribution in [-0.4, -0.2) is 24.7 Å². The van der Waals surface area contributed by atoms with Crippen LogP contribution in [0.5, 0.6) is 11.5 Å². The molecule has 4 rings (SSSR count). The molecule has 1 N–H and O–H groups in total. The molecule has 0 saturated heterocycles. The lowest BCUT2D eigenvalue weighted by Crippen LogP contribution is -2.32. The maximum absolute atomic E-state index is 13.8. The molecule has 0 bridgehead atoms. The number of amides is 1. The van der Waals surface area contributed by atoms with Crippen molar-refractivity contribution in [3.8, 4) is 23.3 Å². The molecule has 37 heavy (non-hydrogen) atoms. The SMILES string of the molecule is COc1ccc(OC)c(/C=c2/s/c(=C(/C#N)C(=O)Nc3ccccc3Cl)n(-c3ccccc3C)c2=O)c1. The van der Waals surface area contributed by atoms with Crippen LogP contribution in [0.15, 0.2) is 71.5 Å². The summed E-state index contributed by atoms with van der Waals surface area (Å²) in [5.74, 6) is 0.453. The standard InChI is InChI=1S/C28H22ClN3O4S/c1-17-8-4-7-11-23(17)32-27(34)25(15-18-14-19(35-2)12-13-24(18)36-3)37-28(32)20(16-30)26(33)31-22-10-6-5-9-21(22)29/h4-15H,1-3H3,(H,31,33)/b25-15+,28-20-. The van der Waals surface area contributed by atoms with E-state index in [1.807, 2.05) is 25.1 Å². The molecule has 0 aliphatic carbocycles. The second-order valence-corrected chi connectivity index (χ2v) is 9.31. The van der Waals surface area contributed by atoms with E-state index in [1.165, 1.54) is 11.7 Å². The zero-order valence-electron chi connectivity index (χ0n) is 20.2. The Morgan fingerprint density at radius 1 is 1.08 bits per heavy atom. The number of aromatic nitrogens is 1. The Kier molecular flexibility index (Phi) is 7.77. The van der Waals surface area contributed by atoms with Gasteiger partial charge in [-0.2, -0.15) is 5.26 Å². The van der Waals surface area contributed by atoms with Crippen molar-refractivity contribution in [2.24, 2.45) is 0 Å². The summed E-state index contributed by atoms with van der Waals surface area (Å²) in [6.45, 7) is 1.85. The zero-order chi connectivity index (χ0) is 26.5. The largest absolute Gasteiger partial charge is 0.497 e. The second-order valence-electron chi connectivity index (χ2n) is 7.87. The zero-order valence-corrected chi connectivity index (χ0v) is 21.8. The molecule has 4 aromatic rings. The lowest BCUT2D eigenvalue weighted by Gasteiger charge is -2.08. The molecule has 0 unspecified atom stereocenters. The molecule has 1 amide bonds. The van der Waals surface area contributed by atoms with Crippen molar-refractivity contribution in [1.29, 1.82) is 5.26 Å². The molecule has 0 saturated carbocycles. The fraction of sp³-hybridized carbons (Fsp3) is 0.107. The van der Waals surface area contributed by atoms with Crippen molar-refractivity contribution >= 4 is 46.2 Å². The highest BCUT2D eigenvalue weighted by Crippen LogP contribution is 2.24. The van der Waals surface area contributed by atoms with Crippen LogP contribution in [0, 0.1) is 18.3 Å². The minimum absolute atomic E-state index is 0.194. The molecule has 0 radical (unpaired) electrons. The van der Waals surface area contributed by atoms with Crippen LogP contribution in [0.1, 0.15) is 11.1 Å². The van der Waals surface area contributed by atoms with Gasteiger partial charge >= 0.3 is 0 Å². The number of aryl methyl sites for hydroxylation is 1. The van der Waals surface area contributed by atoms with Gasteiger partial charge in [-0.25, -0.2) is 0 Å². The van der Waals surface area contributed by atoms with E-state index in [1.54, 1.807) is 67.8 Å². The third-order valence-electron chi connectivity index (χ3n) is 5.58. The Hall–Kier alpha value is -4.32. The number of nitrogens with zero attached hydrogens (tertiary/aromatic N) is 2. The van der Waals surface area contributed by atoms with Crippen LogP contribution in [0.25, 0.3) is 17.3 Å². The third kappa shape index (κ3) is 5.28. The Morgan fingerprint density at radius 3 is 2.49 bits per heavy atom. The highest BCUT2D eigenvalue weighted by Gasteiger charge is 2.19. The van der Waals surface area contributed by atoms with Crippen molar-refractivity contribution in [2.75, 3.05) is 19.5 Å². The number of carbonyl (C=O) groups excluding carboxylic acids is 1. The molecule has 0 fully saturated rings. The van der Waals surface area contributed by atoms with E-state index in [0.717, 1.165) is 16.9 Å². The number of nitriles is 1. The van der Waals surface area contributed by atoms with Gasteiger partial charge in [0.1, 0.15) is 22.2 Å². The molecular weight excluding hydrogens is 510 g/mol. The number of nitrogens with one attached hydrogen (secondary N) is 1. The van der Waals surface area contributed by atoms with E-state index in [4.69, 9.17) is 21.1 Å². The predicted octanol–water partition coefficient (Wildman–Crippen LogP) is 4.02. The van der Waals surface area contributed by atoms with E-state index < -0.39 is 5.91 Å². The first-order valence-corrected chi connectivity index (χ1v) is 12.3. The van der Waals surface area contributed by atoms with Crippen LogP contribution in [-0.2, 0) is 4.79 Å². The van der Waals surface area contributed by atoms with Gasteiger partial charge in [0.2, 0.25) is 0 Å². The molecule has 9 heteroatoms. The van der Waals surface area contributed by atoms with Crippen LogP contribution in [0.2, 0.25) is 5.02 Å². The summed E-state index contributed by atoms with van der Waals surface area (Å²) in [5.41, 5.74) is 1.74. The summed E-state index contributed by atoms with van der Waals surface area (Å²) in [6, 6.07) is 21.2. The molecular formula is C28H22ClN3O4S. The number of hydrogen-bond donors (Lipinski definition) is 1. The number of para-hydroxylation sites is 2. The summed E-state index contributed by atoms with van der Waals surface area (Å²) in [5, 5.41) is 13.0. The highest BCUT2D eigenvalue weighted by molar-refractivity contribution is 7.07. The van der Waals surface area contributed by atoms with Gasteiger partial charge in [0.25, 0.3) is 11.5 Å². The summed E-state index contributed by atoms with van der Waals surface area (Å²) >= 11 is 7.23. The van der Waals surface area contributed by atoms with Gasteiger partial charge in [0.15, 0.2) is 5.57 Å². The fourth-order valence-corrected chi connectivity index (χ4v) is 4.99. The number of benzene rings is 3. The molecule has 0 aliphatic heterocycles. The first-order valence-electron chi connectivity index (χ1n) is 11.1. The maximum atomic E-state index is 13.8. The van der Waals surface area contributed by atoms with Gasteiger partial charge < -0.3 is 14.8 Å². The van der Waals surface area contributed by atoms with E-state index >= 15 is 0 Å². The lowest BCUT2D eigenvalue weighted by molar-refractivity contribution is -0.111. The number of rotatable bonds is 6. The fourth-order valence-electron chi connectivity index (χ4n) is 3.72. The van der Waals surface area contributed by atoms with Crippen LogP contribution >= 0.6 is 22.9 Å². The molecule has 7 nitrogen and oxygen atoms in total. The molecule has 186 valence electrons. The van der Waals surface area contributed by atoms with Gasteiger partial charge in [0.05, 0.1) is 35.1 Å². The number of hydrogen-bond acceptors (Lipinski definition) is 6. The number of ether oxygens (including phenoxy) is 2. The summed E-state index contributed by atoms with van der Waals surface area (Å²) in [6.07, 6.45) is 1.66. The maximum Gasteiger partial charge on any atom is 0.273 e. The number of anilines is 1. The average Bonchev–Trinajstić information content (AvgIpc) is 3.21. The Balaban J connectivity index is 2.02.